The Morgan fingerprint density at radius 3 is 2.92 bits per heavy atom. The van der Waals surface area contributed by atoms with Crippen LogP contribution in [0, 0.1) is 5.92 Å². The number of hydrogen-bond acceptors (Lipinski definition) is 3. The first-order valence-corrected chi connectivity index (χ1v) is 9.24. The van der Waals surface area contributed by atoms with Crippen molar-refractivity contribution in [3.05, 3.63) is 59.4 Å². The van der Waals surface area contributed by atoms with Gasteiger partial charge in [0.15, 0.2) is 0 Å². The van der Waals surface area contributed by atoms with Crippen molar-refractivity contribution >= 4 is 17.5 Å². The lowest BCUT2D eigenvalue weighted by Gasteiger charge is -2.19. The standard InChI is InChI=1S/C21H23N3O2/c1-14(17-6-3-9-22-12-17)23-21(26)18-11-20(25)24(13-18)19-8-7-15-4-2-5-16(15)10-19/h3,6-10,12,14,18H,2,4-5,11,13H2,1H3,(H,23,26)/t14-,18+/m0/s1. The summed E-state index contributed by atoms with van der Waals surface area (Å²) >= 11 is 0. The average Bonchev–Trinajstić information content (AvgIpc) is 3.28. The molecule has 2 aromatic rings. The van der Waals surface area contributed by atoms with E-state index in [1.807, 2.05) is 25.1 Å². The molecule has 2 heterocycles. The molecule has 1 aromatic carbocycles. The van der Waals surface area contributed by atoms with E-state index in [0.717, 1.165) is 24.1 Å². The number of benzene rings is 1. The van der Waals surface area contributed by atoms with Gasteiger partial charge in [-0.05, 0) is 61.1 Å². The van der Waals surface area contributed by atoms with E-state index in [-0.39, 0.29) is 30.2 Å². The van der Waals surface area contributed by atoms with E-state index in [0.29, 0.717) is 6.54 Å². The summed E-state index contributed by atoms with van der Waals surface area (Å²) in [5, 5.41) is 3.01. The fourth-order valence-corrected chi connectivity index (χ4v) is 3.91. The number of amides is 2. The first kappa shape index (κ1) is 16.8. The third-order valence-corrected chi connectivity index (χ3v) is 5.43. The molecule has 2 amide bonds. The first-order chi connectivity index (χ1) is 12.6. The van der Waals surface area contributed by atoms with Gasteiger partial charge in [0, 0.05) is 31.0 Å². The quantitative estimate of drug-likeness (QED) is 0.923. The van der Waals surface area contributed by atoms with E-state index in [1.54, 1.807) is 17.3 Å². The maximum Gasteiger partial charge on any atom is 0.227 e. The molecule has 26 heavy (non-hydrogen) atoms. The number of carbonyl (C=O) groups excluding carboxylic acids is 2. The molecule has 0 radical (unpaired) electrons. The minimum atomic E-state index is -0.310. The molecule has 0 unspecified atom stereocenters. The van der Waals surface area contributed by atoms with Crippen LogP contribution in [0.25, 0.3) is 0 Å². The van der Waals surface area contributed by atoms with Gasteiger partial charge in [-0.25, -0.2) is 0 Å². The van der Waals surface area contributed by atoms with Crippen molar-refractivity contribution in [2.45, 2.75) is 38.6 Å². The van der Waals surface area contributed by atoms with Crippen LogP contribution in [0.5, 0.6) is 0 Å². The molecule has 4 rings (SSSR count). The number of nitrogens with zero attached hydrogens (tertiary/aromatic N) is 2. The number of rotatable bonds is 4. The van der Waals surface area contributed by atoms with Gasteiger partial charge in [-0.1, -0.05) is 12.1 Å². The molecule has 0 bridgehead atoms. The number of nitrogens with one attached hydrogen (secondary N) is 1. The minimum absolute atomic E-state index is 0.0251. The molecule has 0 spiro atoms. The van der Waals surface area contributed by atoms with E-state index < -0.39 is 0 Å². The van der Waals surface area contributed by atoms with E-state index >= 15 is 0 Å². The van der Waals surface area contributed by atoms with Crippen molar-refractivity contribution in [3.8, 4) is 0 Å². The molecule has 5 heteroatoms. The largest absolute Gasteiger partial charge is 0.349 e. The second-order valence-corrected chi connectivity index (χ2v) is 7.23. The van der Waals surface area contributed by atoms with Crippen LogP contribution in [0.15, 0.2) is 42.7 Å². The third-order valence-electron chi connectivity index (χ3n) is 5.43. The predicted octanol–water partition coefficient (Wildman–Crippen LogP) is 2.80. The SMILES string of the molecule is C[C@H](NC(=O)[C@@H]1CC(=O)N(c2ccc3c(c2)CCC3)C1)c1cccnc1. The second kappa shape index (κ2) is 6.90. The minimum Gasteiger partial charge on any atom is -0.349 e. The van der Waals surface area contributed by atoms with Crippen LogP contribution in [-0.4, -0.2) is 23.3 Å². The van der Waals surface area contributed by atoms with Crippen molar-refractivity contribution in [1.82, 2.24) is 10.3 Å². The predicted molar refractivity (Wildman–Crippen MR) is 99.7 cm³/mol. The summed E-state index contributed by atoms with van der Waals surface area (Å²) in [6.45, 7) is 2.38. The summed E-state index contributed by atoms with van der Waals surface area (Å²) in [5.74, 6) is -0.356. The fraction of sp³-hybridized carbons (Fsp3) is 0.381. The Bertz CT molecular complexity index is 834. The molecule has 5 nitrogen and oxygen atoms in total. The number of fused-ring (bicyclic) bond motifs is 1. The maximum atomic E-state index is 12.6. The summed E-state index contributed by atoms with van der Waals surface area (Å²) in [6, 6.07) is 9.93. The molecule has 1 aromatic heterocycles. The highest BCUT2D eigenvalue weighted by Crippen LogP contribution is 2.30. The lowest BCUT2D eigenvalue weighted by atomic mass is 10.1. The van der Waals surface area contributed by atoms with Crippen molar-refractivity contribution in [2.24, 2.45) is 5.92 Å². The Hall–Kier alpha value is -2.69. The molecule has 134 valence electrons. The van der Waals surface area contributed by atoms with Gasteiger partial charge >= 0.3 is 0 Å². The summed E-state index contributed by atoms with van der Waals surface area (Å²) in [5.41, 5.74) is 4.61. The fourth-order valence-electron chi connectivity index (χ4n) is 3.91. The maximum absolute atomic E-state index is 12.6. The Balaban J connectivity index is 1.43. The lowest BCUT2D eigenvalue weighted by molar-refractivity contribution is -0.126. The van der Waals surface area contributed by atoms with E-state index in [9.17, 15) is 9.59 Å². The van der Waals surface area contributed by atoms with Crippen molar-refractivity contribution in [3.63, 3.8) is 0 Å². The average molecular weight is 349 g/mol. The van der Waals surface area contributed by atoms with Crippen LogP contribution in [0.2, 0.25) is 0 Å². The summed E-state index contributed by atoms with van der Waals surface area (Å²) < 4.78 is 0. The Labute approximate surface area is 153 Å². The molecule has 1 N–H and O–H groups in total. The number of anilines is 1. The van der Waals surface area contributed by atoms with Gasteiger partial charge in [0.1, 0.15) is 0 Å². The highest BCUT2D eigenvalue weighted by atomic mass is 16.2. The van der Waals surface area contributed by atoms with Crippen LogP contribution in [0.4, 0.5) is 5.69 Å². The summed E-state index contributed by atoms with van der Waals surface area (Å²) in [4.78, 5) is 31.0. The molecular formula is C21H23N3O2. The Morgan fingerprint density at radius 1 is 1.27 bits per heavy atom. The second-order valence-electron chi connectivity index (χ2n) is 7.23. The molecule has 1 saturated heterocycles. The number of aryl methyl sites for hydroxylation is 2. The van der Waals surface area contributed by atoms with Gasteiger partial charge < -0.3 is 10.2 Å². The van der Waals surface area contributed by atoms with E-state index in [2.05, 4.69) is 22.4 Å². The van der Waals surface area contributed by atoms with Crippen molar-refractivity contribution in [1.29, 1.82) is 0 Å². The lowest BCUT2D eigenvalue weighted by Crippen LogP contribution is -2.34. The zero-order valence-electron chi connectivity index (χ0n) is 14.9. The van der Waals surface area contributed by atoms with Crippen LogP contribution in [0.1, 0.15) is 42.5 Å². The number of pyridine rings is 1. The normalized spacial score (nSPS) is 20.1. The summed E-state index contributed by atoms with van der Waals surface area (Å²) in [6.07, 6.45) is 7.12. The van der Waals surface area contributed by atoms with Gasteiger partial charge in [-0.2, -0.15) is 0 Å². The zero-order chi connectivity index (χ0) is 18.1. The molecule has 2 aliphatic rings. The topological polar surface area (TPSA) is 62.3 Å². The van der Waals surface area contributed by atoms with Gasteiger partial charge in [0.05, 0.1) is 12.0 Å². The third kappa shape index (κ3) is 3.21. The number of carbonyl (C=O) groups is 2. The first-order valence-electron chi connectivity index (χ1n) is 9.24. The highest BCUT2D eigenvalue weighted by molar-refractivity contribution is 6.00. The molecule has 1 aliphatic carbocycles. The smallest absolute Gasteiger partial charge is 0.227 e. The van der Waals surface area contributed by atoms with Crippen LogP contribution in [0.3, 0.4) is 0 Å². The van der Waals surface area contributed by atoms with Gasteiger partial charge in [0.2, 0.25) is 11.8 Å². The van der Waals surface area contributed by atoms with Gasteiger partial charge in [0.25, 0.3) is 0 Å². The Kier molecular flexibility index (Phi) is 4.45. The molecule has 1 aliphatic heterocycles. The van der Waals surface area contributed by atoms with Crippen LogP contribution in [-0.2, 0) is 22.4 Å². The van der Waals surface area contributed by atoms with Gasteiger partial charge in [-0.15, -0.1) is 0 Å². The highest BCUT2D eigenvalue weighted by Gasteiger charge is 2.35. The van der Waals surface area contributed by atoms with E-state index in [4.69, 9.17) is 0 Å². The number of hydrogen-bond donors (Lipinski definition) is 1. The van der Waals surface area contributed by atoms with Crippen LogP contribution < -0.4 is 10.2 Å². The molecular weight excluding hydrogens is 326 g/mol. The Morgan fingerprint density at radius 2 is 2.12 bits per heavy atom. The van der Waals surface area contributed by atoms with Gasteiger partial charge in [-0.3, -0.25) is 14.6 Å². The molecule has 1 fully saturated rings. The van der Waals surface area contributed by atoms with E-state index in [1.165, 1.54) is 17.5 Å². The monoisotopic (exact) mass is 349 g/mol. The molecule has 0 saturated carbocycles. The summed E-state index contributed by atoms with van der Waals surface area (Å²) in [7, 11) is 0. The van der Waals surface area contributed by atoms with Crippen molar-refractivity contribution < 1.29 is 9.59 Å². The van der Waals surface area contributed by atoms with Crippen LogP contribution >= 0.6 is 0 Å². The van der Waals surface area contributed by atoms with Crippen molar-refractivity contribution in [2.75, 3.05) is 11.4 Å². The molecule has 2 atom stereocenters. The number of aromatic nitrogens is 1. The zero-order valence-corrected chi connectivity index (χ0v) is 14.9.